The van der Waals surface area contributed by atoms with Crippen LogP contribution in [0, 0.1) is 0 Å². The third-order valence-electron chi connectivity index (χ3n) is 9.31. The van der Waals surface area contributed by atoms with Gasteiger partial charge in [0, 0.05) is 35.7 Å². The first-order valence-electron chi connectivity index (χ1n) is 16.9. The molecule has 0 unspecified atom stereocenters. The van der Waals surface area contributed by atoms with E-state index in [-0.39, 0.29) is 43.0 Å². The largest absolute Gasteiger partial charge is 0.489 e. The van der Waals surface area contributed by atoms with E-state index < -0.39 is 28.3 Å². The van der Waals surface area contributed by atoms with E-state index in [2.05, 4.69) is 14.9 Å². The number of ether oxygens (including phenoxy) is 5. The van der Waals surface area contributed by atoms with E-state index in [1.54, 1.807) is 24.3 Å². The summed E-state index contributed by atoms with van der Waals surface area (Å²) in [6.45, 7) is 5.24. The maximum atomic E-state index is 13.2. The first-order chi connectivity index (χ1) is 24.6. The van der Waals surface area contributed by atoms with Crippen LogP contribution in [0.2, 0.25) is 10.0 Å². The van der Waals surface area contributed by atoms with Crippen molar-refractivity contribution in [2.75, 3.05) is 26.3 Å². The lowest BCUT2D eigenvalue weighted by Crippen LogP contribution is -2.42. The number of nitrogens with zero attached hydrogens (tertiary/aromatic N) is 3. The number of fused-ring (bicyclic) bond motifs is 2. The summed E-state index contributed by atoms with van der Waals surface area (Å²) in [6.07, 6.45) is 1.69. The van der Waals surface area contributed by atoms with E-state index in [1.807, 2.05) is 13.8 Å². The zero-order valence-corrected chi connectivity index (χ0v) is 30.9. The Morgan fingerprint density at radius 1 is 1.08 bits per heavy atom. The summed E-state index contributed by atoms with van der Waals surface area (Å²) >= 11 is 14.3. The van der Waals surface area contributed by atoms with Gasteiger partial charge in [-0.15, -0.1) is 0 Å². The second kappa shape index (κ2) is 14.1. The summed E-state index contributed by atoms with van der Waals surface area (Å²) in [5.74, 6) is 0.673. The van der Waals surface area contributed by atoms with E-state index in [4.69, 9.17) is 51.4 Å². The van der Waals surface area contributed by atoms with Crippen LogP contribution in [0.3, 0.4) is 0 Å². The first-order valence-corrected chi connectivity index (χ1v) is 19.9. The number of benzene rings is 2. The summed E-state index contributed by atoms with van der Waals surface area (Å²) < 4.78 is 66.5. The Labute approximate surface area is 308 Å². The fraction of sp³-hybridized carbons (Fsp3) is 0.500. The molecular formula is C34H36Cl2N4O9S2. The van der Waals surface area contributed by atoms with E-state index in [0.29, 0.717) is 62.2 Å². The molecule has 2 aromatic carbocycles. The van der Waals surface area contributed by atoms with Gasteiger partial charge >= 0.3 is 10.2 Å². The minimum atomic E-state index is -3.96. The molecule has 4 atom stereocenters. The van der Waals surface area contributed by atoms with Gasteiger partial charge in [0.05, 0.1) is 40.7 Å². The molecule has 13 nitrogen and oxygen atoms in total. The van der Waals surface area contributed by atoms with Gasteiger partial charge in [-0.1, -0.05) is 45.8 Å². The Bertz CT molecular complexity index is 2040. The van der Waals surface area contributed by atoms with Gasteiger partial charge in [0.15, 0.2) is 6.10 Å². The molecule has 2 aromatic heterocycles. The van der Waals surface area contributed by atoms with Crippen molar-refractivity contribution in [2.24, 2.45) is 0 Å². The molecule has 8 rings (SSSR count). The second-order valence-electron chi connectivity index (χ2n) is 13.4. The van der Waals surface area contributed by atoms with Crippen molar-refractivity contribution in [1.29, 1.82) is 0 Å². The predicted molar refractivity (Wildman–Crippen MR) is 189 cm³/mol. The van der Waals surface area contributed by atoms with Crippen molar-refractivity contribution in [3.05, 3.63) is 57.3 Å². The number of halogens is 2. The molecule has 4 fully saturated rings. The number of rotatable bonds is 12. The molecule has 4 aromatic rings. The quantitative estimate of drug-likeness (QED) is 0.177. The van der Waals surface area contributed by atoms with Crippen LogP contribution in [0.1, 0.15) is 67.1 Å². The van der Waals surface area contributed by atoms with Gasteiger partial charge in [0.25, 0.3) is 11.1 Å². The van der Waals surface area contributed by atoms with Crippen molar-refractivity contribution < 1.29 is 41.4 Å². The molecule has 1 N–H and O–H groups in total. The molecule has 3 aliphatic heterocycles. The van der Waals surface area contributed by atoms with E-state index in [0.717, 1.165) is 37.0 Å². The number of aromatic nitrogens is 2. The van der Waals surface area contributed by atoms with Crippen molar-refractivity contribution >= 4 is 60.9 Å². The second-order valence-corrected chi connectivity index (χ2v) is 16.8. The SMILES string of the molecule is CC(C)Oc1cc(C(=O)NS(=O)(=O)N2CCCC2)cc2sc(O[C@@H]3CO[C@H]4[C@H]3OC[C@H]4OCc3c(-c4c(Cl)cccc4Cl)noc3C3CC3)nc12. The smallest absolute Gasteiger partial charge is 0.304 e. The molecule has 3 saturated heterocycles. The molecule has 0 bridgehead atoms. The highest BCUT2D eigenvalue weighted by Gasteiger charge is 2.50. The van der Waals surface area contributed by atoms with Crippen molar-refractivity contribution in [1.82, 2.24) is 19.2 Å². The number of carbonyl (C=O) groups is 1. The Kier molecular flexibility index (Phi) is 9.67. The lowest BCUT2D eigenvalue weighted by molar-refractivity contribution is -0.0428. The fourth-order valence-electron chi connectivity index (χ4n) is 6.71. The highest BCUT2D eigenvalue weighted by Crippen LogP contribution is 2.46. The Balaban J connectivity index is 0.968. The number of amides is 1. The number of hydrogen-bond donors (Lipinski definition) is 1. The van der Waals surface area contributed by atoms with Gasteiger partial charge in [-0.25, -0.2) is 4.72 Å². The van der Waals surface area contributed by atoms with Gasteiger partial charge in [-0.2, -0.15) is 17.7 Å². The monoisotopic (exact) mass is 778 g/mol. The van der Waals surface area contributed by atoms with Crippen LogP contribution in [0.25, 0.3) is 21.5 Å². The number of nitrogens with one attached hydrogen (secondary N) is 1. The van der Waals surface area contributed by atoms with Gasteiger partial charge in [0.1, 0.15) is 41.0 Å². The summed E-state index contributed by atoms with van der Waals surface area (Å²) in [5.41, 5.74) is 2.64. The van der Waals surface area contributed by atoms with E-state index >= 15 is 0 Å². The highest BCUT2D eigenvalue weighted by molar-refractivity contribution is 7.87. The van der Waals surface area contributed by atoms with Crippen LogP contribution < -0.4 is 14.2 Å². The van der Waals surface area contributed by atoms with Gasteiger partial charge in [-0.05, 0) is 63.8 Å². The van der Waals surface area contributed by atoms with E-state index in [9.17, 15) is 13.2 Å². The van der Waals surface area contributed by atoms with Crippen molar-refractivity contribution in [3.8, 4) is 22.2 Å². The molecule has 0 spiro atoms. The van der Waals surface area contributed by atoms with Crippen LogP contribution in [-0.2, 0) is 31.0 Å². The van der Waals surface area contributed by atoms with Crippen LogP contribution in [0.15, 0.2) is 34.9 Å². The summed E-state index contributed by atoms with van der Waals surface area (Å²) in [5, 5.41) is 5.65. The summed E-state index contributed by atoms with van der Waals surface area (Å²) in [7, 11) is -3.96. The van der Waals surface area contributed by atoms with Crippen molar-refractivity contribution in [3.63, 3.8) is 0 Å². The van der Waals surface area contributed by atoms with Gasteiger partial charge in [0.2, 0.25) is 0 Å². The maximum absolute atomic E-state index is 13.2. The Morgan fingerprint density at radius 2 is 1.78 bits per heavy atom. The number of thiazole rings is 1. The molecule has 0 radical (unpaired) electrons. The highest BCUT2D eigenvalue weighted by atomic mass is 35.5. The number of hydrogen-bond acceptors (Lipinski definition) is 12. The van der Waals surface area contributed by atoms with Crippen LogP contribution in [0.4, 0.5) is 0 Å². The lowest BCUT2D eigenvalue weighted by Gasteiger charge is -2.17. The van der Waals surface area contributed by atoms with E-state index in [1.165, 1.54) is 21.7 Å². The van der Waals surface area contributed by atoms with Crippen LogP contribution in [0.5, 0.6) is 10.9 Å². The Morgan fingerprint density at radius 3 is 2.49 bits per heavy atom. The average molecular weight is 780 g/mol. The van der Waals surface area contributed by atoms with Crippen LogP contribution in [-0.4, -0.2) is 85.6 Å². The minimum Gasteiger partial charge on any atom is -0.489 e. The molecule has 1 amide bonds. The zero-order valence-electron chi connectivity index (χ0n) is 27.8. The third kappa shape index (κ3) is 7.07. The average Bonchev–Trinajstić information content (AvgIpc) is 3.58. The zero-order chi connectivity index (χ0) is 35.4. The first kappa shape index (κ1) is 35.0. The van der Waals surface area contributed by atoms with Crippen LogP contribution >= 0.6 is 34.5 Å². The molecule has 272 valence electrons. The molecule has 5 heterocycles. The van der Waals surface area contributed by atoms with Gasteiger partial charge in [-0.3, -0.25) is 4.79 Å². The normalized spacial score (nSPS) is 23.7. The standard InChI is InChI=1S/C34H36Cl2N4O9S2/c1-17(2)47-23-12-19(33(41)39-51(42,43)40-10-3-4-11-40)13-26-29(23)37-34(50-26)48-25-16-46-31-24(15-45-32(25)31)44-14-20-28(38-49-30(20)18-8-9-18)27-21(35)6-5-7-22(27)36/h5-7,12-13,17-18,24-25,31-32H,3-4,8-11,14-16H2,1-2H3,(H,39,41)/t24-,25-,31-,32+/m1/s1. The molecule has 1 saturated carbocycles. The Hall–Kier alpha value is -3.02. The predicted octanol–water partition coefficient (Wildman–Crippen LogP) is 6.12. The lowest BCUT2D eigenvalue weighted by atomic mass is 10.0. The molecule has 1 aliphatic carbocycles. The molecule has 17 heteroatoms. The van der Waals surface area contributed by atoms with Gasteiger partial charge < -0.3 is 28.2 Å². The van der Waals surface area contributed by atoms with Crippen molar-refractivity contribution in [2.45, 2.75) is 82.6 Å². The number of carbonyl (C=O) groups excluding carboxylic acids is 1. The molecular weight excluding hydrogens is 743 g/mol. The fourth-order valence-corrected chi connectivity index (χ4v) is 9.44. The maximum Gasteiger partial charge on any atom is 0.304 e. The summed E-state index contributed by atoms with van der Waals surface area (Å²) in [6, 6.07) is 8.42. The molecule has 4 aliphatic rings. The third-order valence-corrected chi connectivity index (χ3v) is 12.3. The summed E-state index contributed by atoms with van der Waals surface area (Å²) in [4.78, 5) is 17.8. The minimum absolute atomic E-state index is 0.136. The molecule has 51 heavy (non-hydrogen) atoms. The topological polar surface area (TPSA) is 152 Å².